The summed E-state index contributed by atoms with van der Waals surface area (Å²) in [6.45, 7) is 11.9. The molecule has 0 heterocycles. The van der Waals surface area contributed by atoms with Crippen molar-refractivity contribution in [2.24, 2.45) is 5.92 Å². The number of carbonyl (C=O) groups is 2. The molecular weight excluding hydrogens is 204 g/mol. The molecule has 0 aliphatic heterocycles. The molecule has 0 rings (SSSR count). The van der Waals surface area contributed by atoms with Crippen LogP contribution in [0.2, 0.25) is 0 Å². The highest BCUT2D eigenvalue weighted by Crippen LogP contribution is 2.00. The van der Waals surface area contributed by atoms with Gasteiger partial charge in [-0.1, -0.05) is 20.4 Å². The first-order valence-corrected chi connectivity index (χ1v) is 5.57. The molecule has 0 spiro atoms. The first-order chi connectivity index (χ1) is 7.36. The van der Waals surface area contributed by atoms with E-state index >= 15 is 0 Å². The van der Waals surface area contributed by atoms with E-state index in [0.717, 1.165) is 0 Å². The normalized spacial score (nSPS) is 10.4. The lowest BCUT2D eigenvalue weighted by Crippen LogP contribution is -2.43. The van der Waals surface area contributed by atoms with E-state index in [0.29, 0.717) is 12.5 Å². The van der Waals surface area contributed by atoms with Crippen molar-refractivity contribution in [2.45, 2.75) is 33.7 Å². The van der Waals surface area contributed by atoms with Crippen LogP contribution in [-0.2, 0) is 9.59 Å². The molecule has 0 saturated carbocycles. The maximum atomic E-state index is 11.5. The molecule has 0 aromatic carbocycles. The highest BCUT2D eigenvalue weighted by molar-refractivity contribution is 5.90. The zero-order chi connectivity index (χ0) is 12.7. The van der Waals surface area contributed by atoms with Gasteiger partial charge in [-0.2, -0.15) is 0 Å². The van der Waals surface area contributed by atoms with Gasteiger partial charge in [0.05, 0.1) is 6.54 Å². The Balaban J connectivity index is 0. The summed E-state index contributed by atoms with van der Waals surface area (Å²) in [6, 6.07) is 0.0900. The van der Waals surface area contributed by atoms with E-state index < -0.39 is 0 Å². The fourth-order valence-electron chi connectivity index (χ4n) is 1.34. The molecule has 0 radical (unpaired) electrons. The zero-order valence-electron chi connectivity index (χ0n) is 10.6. The van der Waals surface area contributed by atoms with Crippen LogP contribution in [0.1, 0.15) is 29.1 Å². The summed E-state index contributed by atoms with van der Waals surface area (Å²) >= 11 is 0. The van der Waals surface area contributed by atoms with Crippen molar-refractivity contribution in [1.82, 2.24) is 10.2 Å². The standard InChI is InChI=1S/C12H22N2O2.H2/c1-6-12(16)14(7-9(2)3)8-11(15)13-10(4)5;/h6,9-10H,1,7-8H2,2-5H3,(H,13,15);1H. The molecule has 94 valence electrons. The van der Waals surface area contributed by atoms with E-state index in [-0.39, 0.29) is 25.8 Å². The van der Waals surface area contributed by atoms with Gasteiger partial charge in [0.25, 0.3) is 0 Å². The van der Waals surface area contributed by atoms with Gasteiger partial charge in [-0.15, -0.1) is 0 Å². The summed E-state index contributed by atoms with van der Waals surface area (Å²) in [5.41, 5.74) is 0. The molecule has 0 aliphatic carbocycles. The van der Waals surface area contributed by atoms with Crippen molar-refractivity contribution in [1.29, 1.82) is 0 Å². The first kappa shape index (κ1) is 14.7. The van der Waals surface area contributed by atoms with E-state index in [2.05, 4.69) is 11.9 Å². The second kappa shape index (κ2) is 7.04. The van der Waals surface area contributed by atoms with Crippen molar-refractivity contribution in [3.05, 3.63) is 12.7 Å². The van der Waals surface area contributed by atoms with Crippen molar-refractivity contribution < 1.29 is 11.0 Å². The van der Waals surface area contributed by atoms with Gasteiger partial charge in [0, 0.05) is 14.0 Å². The molecule has 2 amide bonds. The topological polar surface area (TPSA) is 49.4 Å². The number of carbonyl (C=O) groups excluding carboxylic acids is 2. The molecule has 0 aromatic rings. The van der Waals surface area contributed by atoms with Crippen LogP contribution in [0.15, 0.2) is 12.7 Å². The summed E-state index contributed by atoms with van der Waals surface area (Å²) < 4.78 is 0. The van der Waals surface area contributed by atoms with E-state index in [4.69, 9.17) is 0 Å². The Labute approximate surface area is 99.2 Å². The number of amides is 2. The Morgan fingerprint density at radius 2 is 1.94 bits per heavy atom. The zero-order valence-corrected chi connectivity index (χ0v) is 10.6. The molecule has 0 bridgehead atoms. The lowest BCUT2D eigenvalue weighted by atomic mass is 10.2. The Morgan fingerprint density at radius 1 is 1.38 bits per heavy atom. The fraction of sp³-hybridized carbons (Fsp3) is 0.667. The molecule has 0 fully saturated rings. The molecule has 0 aliphatic rings. The predicted molar refractivity (Wildman–Crippen MR) is 67.0 cm³/mol. The second-order valence-corrected chi connectivity index (χ2v) is 4.54. The maximum absolute atomic E-state index is 11.5. The highest BCUT2D eigenvalue weighted by Gasteiger charge is 2.16. The van der Waals surface area contributed by atoms with Gasteiger partial charge in [-0.3, -0.25) is 9.59 Å². The lowest BCUT2D eigenvalue weighted by molar-refractivity contribution is -0.133. The summed E-state index contributed by atoms with van der Waals surface area (Å²) in [5.74, 6) is -0.00536. The third kappa shape index (κ3) is 6.22. The van der Waals surface area contributed by atoms with Crippen molar-refractivity contribution in [3.8, 4) is 0 Å². The van der Waals surface area contributed by atoms with Crippen molar-refractivity contribution in [2.75, 3.05) is 13.1 Å². The average molecular weight is 228 g/mol. The summed E-state index contributed by atoms with van der Waals surface area (Å²) in [7, 11) is 0. The number of nitrogens with one attached hydrogen (secondary N) is 1. The highest BCUT2D eigenvalue weighted by atomic mass is 16.2. The quantitative estimate of drug-likeness (QED) is 0.699. The summed E-state index contributed by atoms with van der Waals surface area (Å²) in [5, 5.41) is 2.76. The van der Waals surface area contributed by atoms with Crippen LogP contribution in [0.25, 0.3) is 0 Å². The molecule has 0 atom stereocenters. The van der Waals surface area contributed by atoms with Gasteiger partial charge >= 0.3 is 0 Å². The Hall–Kier alpha value is -1.32. The van der Waals surface area contributed by atoms with E-state index in [1.165, 1.54) is 11.0 Å². The minimum absolute atomic E-state index is 0. The van der Waals surface area contributed by atoms with Crippen LogP contribution < -0.4 is 5.32 Å². The van der Waals surface area contributed by atoms with Gasteiger partial charge in [-0.25, -0.2) is 0 Å². The van der Waals surface area contributed by atoms with E-state index in [1.807, 2.05) is 27.7 Å². The molecule has 0 unspecified atom stereocenters. The Kier molecular flexibility index (Phi) is 6.46. The SMILES string of the molecule is C=CC(=O)N(CC(=O)NC(C)C)CC(C)C.[HH]. The lowest BCUT2D eigenvalue weighted by Gasteiger charge is -2.23. The number of hydrogen-bond acceptors (Lipinski definition) is 2. The summed E-state index contributed by atoms with van der Waals surface area (Å²) in [6.07, 6.45) is 1.24. The van der Waals surface area contributed by atoms with Crippen LogP contribution in [0.5, 0.6) is 0 Å². The van der Waals surface area contributed by atoms with Gasteiger partial charge < -0.3 is 10.2 Å². The predicted octanol–water partition coefficient (Wildman–Crippen LogP) is 1.43. The van der Waals surface area contributed by atoms with Gasteiger partial charge in [0.2, 0.25) is 11.8 Å². The minimum atomic E-state index is -0.201. The van der Waals surface area contributed by atoms with Crippen LogP contribution in [-0.4, -0.2) is 35.8 Å². The number of rotatable bonds is 6. The molecule has 4 heteroatoms. The van der Waals surface area contributed by atoms with Crippen LogP contribution in [0.4, 0.5) is 0 Å². The Morgan fingerprint density at radius 3 is 2.31 bits per heavy atom. The van der Waals surface area contributed by atoms with Crippen molar-refractivity contribution in [3.63, 3.8) is 0 Å². The van der Waals surface area contributed by atoms with Crippen LogP contribution in [0, 0.1) is 5.92 Å². The molecule has 0 aromatic heterocycles. The second-order valence-electron chi connectivity index (χ2n) is 4.54. The number of hydrogen-bond donors (Lipinski definition) is 1. The van der Waals surface area contributed by atoms with Gasteiger partial charge in [0.15, 0.2) is 0 Å². The third-order valence-corrected chi connectivity index (χ3v) is 1.86. The molecule has 16 heavy (non-hydrogen) atoms. The van der Waals surface area contributed by atoms with Gasteiger partial charge in [0.1, 0.15) is 0 Å². The first-order valence-electron chi connectivity index (χ1n) is 5.57. The van der Waals surface area contributed by atoms with Crippen LogP contribution in [0.3, 0.4) is 0 Å². The smallest absolute Gasteiger partial charge is 0.246 e. The largest absolute Gasteiger partial charge is 0.352 e. The Bertz CT molecular complexity index is 265. The molecule has 1 N–H and O–H groups in total. The van der Waals surface area contributed by atoms with Crippen LogP contribution >= 0.6 is 0 Å². The molecular formula is C12H24N2O2. The van der Waals surface area contributed by atoms with E-state index in [1.54, 1.807) is 0 Å². The van der Waals surface area contributed by atoms with Crippen molar-refractivity contribution >= 4 is 11.8 Å². The monoisotopic (exact) mass is 228 g/mol. The number of nitrogens with zero attached hydrogens (tertiary/aromatic N) is 1. The fourth-order valence-corrected chi connectivity index (χ4v) is 1.34. The van der Waals surface area contributed by atoms with Gasteiger partial charge in [-0.05, 0) is 25.8 Å². The molecule has 0 saturated heterocycles. The minimum Gasteiger partial charge on any atom is -0.352 e. The average Bonchev–Trinajstić information content (AvgIpc) is 2.13. The van der Waals surface area contributed by atoms with E-state index in [9.17, 15) is 9.59 Å². The third-order valence-electron chi connectivity index (χ3n) is 1.86. The molecule has 4 nitrogen and oxygen atoms in total. The maximum Gasteiger partial charge on any atom is 0.246 e. The summed E-state index contributed by atoms with van der Waals surface area (Å²) in [4.78, 5) is 24.5.